The first-order valence-electron chi connectivity index (χ1n) is 21.3. The SMILES string of the molecule is CC(=Nc1c(C(C)C)cccc1C(C)C)c1ccc2cccc(Br)c2n1.CC(=Nc1c(C(C)C)cccc1C(C)C)c1ccc2cccc(Nc3c(C)cccc3C)c2n1. The van der Waals surface area contributed by atoms with Crippen LogP contribution in [0, 0.1) is 13.8 Å². The zero-order valence-corrected chi connectivity index (χ0v) is 39.0. The van der Waals surface area contributed by atoms with Gasteiger partial charge in [-0.15, -0.1) is 0 Å². The van der Waals surface area contributed by atoms with Gasteiger partial charge in [-0.2, -0.15) is 0 Å². The fraction of sp³-hybridized carbons (Fsp3) is 0.296. The number of rotatable bonds is 10. The number of benzene rings is 5. The number of aryl methyl sites for hydroxylation is 2. The average molecular weight is 859 g/mol. The maximum Gasteiger partial charge on any atom is 0.0944 e. The third-order valence-corrected chi connectivity index (χ3v) is 11.8. The molecule has 5 aromatic carbocycles. The summed E-state index contributed by atoms with van der Waals surface area (Å²) in [4.78, 5) is 20.1. The van der Waals surface area contributed by atoms with Gasteiger partial charge in [-0.3, -0.25) is 9.98 Å². The summed E-state index contributed by atoms with van der Waals surface area (Å²) in [7, 11) is 0. The van der Waals surface area contributed by atoms with Crippen LogP contribution in [-0.2, 0) is 0 Å². The van der Waals surface area contributed by atoms with Crippen LogP contribution >= 0.6 is 15.9 Å². The molecule has 1 N–H and O–H groups in total. The van der Waals surface area contributed by atoms with Crippen molar-refractivity contribution in [2.75, 3.05) is 5.32 Å². The maximum absolute atomic E-state index is 5.15. The first kappa shape index (κ1) is 44.1. The van der Waals surface area contributed by atoms with E-state index < -0.39 is 0 Å². The summed E-state index contributed by atoms with van der Waals surface area (Å²) >= 11 is 3.61. The molecule has 0 aliphatic heterocycles. The van der Waals surface area contributed by atoms with Crippen LogP contribution in [0.2, 0.25) is 0 Å². The van der Waals surface area contributed by atoms with E-state index in [-0.39, 0.29) is 0 Å². The first-order valence-corrected chi connectivity index (χ1v) is 22.1. The van der Waals surface area contributed by atoms with E-state index in [0.717, 1.165) is 71.8 Å². The van der Waals surface area contributed by atoms with E-state index >= 15 is 0 Å². The van der Waals surface area contributed by atoms with E-state index in [1.807, 2.05) is 19.1 Å². The molecule has 0 amide bonds. The van der Waals surface area contributed by atoms with Gasteiger partial charge in [-0.1, -0.05) is 146 Å². The van der Waals surface area contributed by atoms with Crippen molar-refractivity contribution in [2.45, 2.75) is 107 Å². The fourth-order valence-corrected chi connectivity index (χ4v) is 8.11. The summed E-state index contributed by atoms with van der Waals surface area (Å²) < 4.78 is 1.01. The minimum absolute atomic E-state index is 0.406. The Morgan fingerprint density at radius 2 is 0.867 bits per heavy atom. The molecule has 0 atom stereocenters. The van der Waals surface area contributed by atoms with Crippen molar-refractivity contribution >= 4 is 71.9 Å². The third kappa shape index (κ3) is 9.93. The molecular formula is C54H60BrN5. The van der Waals surface area contributed by atoms with Crippen LogP contribution in [0.5, 0.6) is 0 Å². The van der Waals surface area contributed by atoms with Crippen molar-refractivity contribution in [1.29, 1.82) is 0 Å². The summed E-state index contributed by atoms with van der Waals surface area (Å²) in [6.45, 7) is 26.2. The standard InChI is InChI=1S/C31H35N3.C23H25BrN2/c1-19(2)25-14-10-15-26(20(3)4)31(25)32-23(7)27-18-17-24-13-9-16-28(30(24)33-27)34-29-21(5)11-8-12-22(29)6;1-14(2)18-9-7-10-19(15(3)4)23(18)25-16(5)21-13-12-17-8-6-11-20(24)22(17)26-21/h8-20,34H,1-7H3;6-15H,1-5H3. The molecule has 6 heteroatoms. The summed E-state index contributed by atoms with van der Waals surface area (Å²) in [6, 6.07) is 40.2. The van der Waals surface area contributed by atoms with Crippen molar-refractivity contribution in [3.63, 3.8) is 0 Å². The Kier molecular flexibility index (Phi) is 14.2. The normalized spacial score (nSPS) is 12.2. The van der Waals surface area contributed by atoms with Crippen molar-refractivity contribution in [2.24, 2.45) is 9.98 Å². The van der Waals surface area contributed by atoms with E-state index in [0.29, 0.717) is 23.7 Å². The Labute approximate surface area is 366 Å². The van der Waals surface area contributed by atoms with Gasteiger partial charge in [0.2, 0.25) is 0 Å². The van der Waals surface area contributed by atoms with Crippen LogP contribution in [0.1, 0.15) is 138 Å². The number of hydrogen-bond acceptors (Lipinski definition) is 5. The van der Waals surface area contributed by atoms with Gasteiger partial charge in [-0.05, 0) is 125 Å². The number of halogens is 1. The minimum Gasteiger partial charge on any atom is -0.353 e. The lowest BCUT2D eigenvalue weighted by Crippen LogP contribution is -2.03. The van der Waals surface area contributed by atoms with Crippen molar-refractivity contribution in [3.8, 4) is 0 Å². The maximum atomic E-state index is 5.15. The highest BCUT2D eigenvalue weighted by atomic mass is 79.9. The molecule has 2 aromatic heterocycles. The minimum atomic E-state index is 0.406. The molecule has 7 aromatic rings. The largest absolute Gasteiger partial charge is 0.353 e. The highest BCUT2D eigenvalue weighted by Crippen LogP contribution is 2.37. The van der Waals surface area contributed by atoms with E-state index in [1.54, 1.807) is 0 Å². The molecule has 0 unspecified atom stereocenters. The predicted octanol–water partition coefficient (Wildman–Crippen LogP) is 16.4. The zero-order chi connectivity index (χ0) is 43.2. The monoisotopic (exact) mass is 857 g/mol. The first-order chi connectivity index (χ1) is 28.6. The lowest BCUT2D eigenvalue weighted by molar-refractivity contribution is 0.834. The van der Waals surface area contributed by atoms with Gasteiger partial charge < -0.3 is 5.32 Å². The number of pyridine rings is 2. The van der Waals surface area contributed by atoms with Crippen LogP contribution in [0.15, 0.2) is 130 Å². The van der Waals surface area contributed by atoms with Gasteiger partial charge in [0.15, 0.2) is 0 Å². The molecule has 0 aliphatic carbocycles. The lowest BCUT2D eigenvalue weighted by Gasteiger charge is -2.17. The number of nitrogens with zero attached hydrogens (tertiary/aromatic N) is 4. The van der Waals surface area contributed by atoms with Crippen LogP contribution < -0.4 is 5.32 Å². The van der Waals surface area contributed by atoms with E-state index in [9.17, 15) is 0 Å². The van der Waals surface area contributed by atoms with Gasteiger partial charge in [0.05, 0.1) is 50.9 Å². The second kappa shape index (κ2) is 19.3. The Hall–Kier alpha value is -5.46. The second-order valence-electron chi connectivity index (χ2n) is 17.1. The molecule has 308 valence electrons. The predicted molar refractivity (Wildman–Crippen MR) is 263 cm³/mol. The quantitative estimate of drug-likeness (QED) is 0.139. The summed E-state index contributed by atoms with van der Waals surface area (Å²) in [6.07, 6.45) is 0. The van der Waals surface area contributed by atoms with Crippen molar-refractivity contribution in [3.05, 3.63) is 165 Å². The number of fused-ring (bicyclic) bond motifs is 2. The highest BCUT2D eigenvalue weighted by Gasteiger charge is 2.17. The molecule has 5 nitrogen and oxygen atoms in total. The summed E-state index contributed by atoms with van der Waals surface area (Å²) in [5, 5.41) is 5.88. The smallest absolute Gasteiger partial charge is 0.0944 e. The molecule has 0 saturated heterocycles. The lowest BCUT2D eigenvalue weighted by atomic mass is 9.93. The molecule has 0 radical (unpaired) electrons. The number of para-hydroxylation sites is 5. The van der Waals surface area contributed by atoms with Crippen LogP contribution in [-0.4, -0.2) is 21.4 Å². The number of aromatic nitrogens is 2. The highest BCUT2D eigenvalue weighted by molar-refractivity contribution is 9.10. The number of hydrogen-bond donors (Lipinski definition) is 1. The van der Waals surface area contributed by atoms with Gasteiger partial charge >= 0.3 is 0 Å². The Balaban J connectivity index is 0.000000209. The molecule has 0 saturated carbocycles. The fourth-order valence-electron chi connectivity index (χ4n) is 7.64. The Morgan fingerprint density at radius 3 is 1.32 bits per heavy atom. The van der Waals surface area contributed by atoms with E-state index in [2.05, 4.69) is 201 Å². The topological polar surface area (TPSA) is 62.5 Å². The van der Waals surface area contributed by atoms with Gasteiger partial charge in [0.25, 0.3) is 0 Å². The molecule has 0 bridgehead atoms. The zero-order valence-electron chi connectivity index (χ0n) is 37.4. The molecule has 60 heavy (non-hydrogen) atoms. The third-order valence-electron chi connectivity index (χ3n) is 11.1. The van der Waals surface area contributed by atoms with Gasteiger partial charge in [0, 0.05) is 20.9 Å². The van der Waals surface area contributed by atoms with Crippen molar-refractivity contribution in [1.82, 2.24) is 9.97 Å². The molecular weight excluding hydrogens is 799 g/mol. The Bertz CT molecular complexity index is 2630. The molecule has 0 aliphatic rings. The summed E-state index contributed by atoms with van der Waals surface area (Å²) in [5.41, 5.74) is 17.5. The molecule has 2 heterocycles. The van der Waals surface area contributed by atoms with E-state index in [1.165, 1.54) is 33.4 Å². The summed E-state index contributed by atoms with van der Waals surface area (Å²) in [5.74, 6) is 1.67. The second-order valence-corrected chi connectivity index (χ2v) is 17.9. The average Bonchev–Trinajstić information content (AvgIpc) is 3.22. The van der Waals surface area contributed by atoms with Gasteiger partial charge in [0.1, 0.15) is 0 Å². The molecule has 0 fully saturated rings. The number of anilines is 2. The van der Waals surface area contributed by atoms with Crippen LogP contribution in [0.25, 0.3) is 21.8 Å². The Morgan fingerprint density at radius 1 is 0.483 bits per heavy atom. The molecule has 7 rings (SSSR count). The van der Waals surface area contributed by atoms with Crippen LogP contribution in [0.4, 0.5) is 22.7 Å². The number of aliphatic imine (C=N–C) groups is 2. The van der Waals surface area contributed by atoms with E-state index in [4.69, 9.17) is 20.0 Å². The number of nitrogens with one attached hydrogen (secondary N) is 1. The van der Waals surface area contributed by atoms with Crippen LogP contribution in [0.3, 0.4) is 0 Å². The van der Waals surface area contributed by atoms with Gasteiger partial charge in [-0.25, -0.2) is 9.97 Å². The van der Waals surface area contributed by atoms with Crippen molar-refractivity contribution < 1.29 is 0 Å². The molecule has 0 spiro atoms.